The molecule has 0 saturated heterocycles. The van der Waals surface area contributed by atoms with Gasteiger partial charge in [0, 0.05) is 43.4 Å². The SMILES string of the molecule is c1ccc(-c2nc(-c3ccc4oc5cc(-c6cccc7ccccc67)c6ccccc6c5c4c3)nc(-n3c4c5ccccc5ccc4c4ccc5ccccc5c43)n2)cc1. The van der Waals surface area contributed by atoms with Gasteiger partial charge >= 0.3 is 0 Å². The normalized spacial score (nSPS) is 12.0. The van der Waals surface area contributed by atoms with E-state index in [4.69, 9.17) is 19.4 Å². The average Bonchev–Trinajstić information content (AvgIpc) is 3.87. The third kappa shape index (κ3) is 4.84. The van der Waals surface area contributed by atoms with Crippen LogP contribution in [0.3, 0.4) is 0 Å². The number of benzene rings is 10. The monoisotopic (exact) mass is 764 g/mol. The molecule has 0 atom stereocenters. The van der Waals surface area contributed by atoms with Crippen LogP contribution in [0.2, 0.25) is 0 Å². The standard InChI is InChI=1S/C55H32N4O/c1-2-16-36(17-3-1)53-56-54(58-55(57-53)59-51-39-20-8-5-14-34(39)25-28-44(51)45-29-26-35-15-6-9-21-40(35)52(45)59)37-27-30-48-47(31-37)50-43-23-11-10-22-42(43)46(32-49(50)60-48)41-24-12-18-33-13-4-7-19-38(33)41/h1-32H. The van der Waals surface area contributed by atoms with Gasteiger partial charge in [-0.05, 0) is 67.7 Å². The van der Waals surface area contributed by atoms with Crippen molar-refractivity contribution in [2.24, 2.45) is 0 Å². The number of rotatable bonds is 4. The number of nitrogens with zero attached hydrogens (tertiary/aromatic N) is 4. The molecule has 0 aliphatic heterocycles. The summed E-state index contributed by atoms with van der Waals surface area (Å²) in [6, 6.07) is 68.5. The molecule has 0 saturated carbocycles. The van der Waals surface area contributed by atoms with Crippen molar-refractivity contribution in [3.63, 3.8) is 0 Å². The molecule has 3 heterocycles. The van der Waals surface area contributed by atoms with E-state index < -0.39 is 0 Å². The molecule has 10 aromatic carbocycles. The molecule has 0 amide bonds. The molecular weight excluding hydrogens is 733 g/mol. The van der Waals surface area contributed by atoms with Gasteiger partial charge in [-0.25, -0.2) is 4.98 Å². The van der Waals surface area contributed by atoms with Gasteiger partial charge < -0.3 is 4.42 Å². The quantitative estimate of drug-likeness (QED) is 0.179. The molecule has 13 rings (SSSR count). The Kier molecular flexibility index (Phi) is 6.95. The van der Waals surface area contributed by atoms with Crippen molar-refractivity contribution in [1.82, 2.24) is 19.5 Å². The maximum absolute atomic E-state index is 6.72. The van der Waals surface area contributed by atoms with Crippen LogP contribution in [0.1, 0.15) is 0 Å². The van der Waals surface area contributed by atoms with E-state index in [1.54, 1.807) is 0 Å². The minimum Gasteiger partial charge on any atom is -0.456 e. The summed E-state index contributed by atoms with van der Waals surface area (Å²) in [5.41, 5.74) is 7.92. The van der Waals surface area contributed by atoms with Gasteiger partial charge in [-0.15, -0.1) is 0 Å². The maximum Gasteiger partial charge on any atom is 0.238 e. The summed E-state index contributed by atoms with van der Waals surface area (Å²) in [6.45, 7) is 0. The number of fused-ring (bicyclic) bond motifs is 13. The third-order valence-electron chi connectivity index (χ3n) is 12.2. The van der Waals surface area contributed by atoms with Gasteiger partial charge in [0.25, 0.3) is 0 Å². The highest BCUT2D eigenvalue weighted by molar-refractivity contribution is 6.25. The fourth-order valence-electron chi connectivity index (χ4n) is 9.51. The van der Waals surface area contributed by atoms with Crippen LogP contribution in [0.4, 0.5) is 0 Å². The summed E-state index contributed by atoms with van der Waals surface area (Å²) < 4.78 is 8.99. The summed E-state index contributed by atoms with van der Waals surface area (Å²) in [4.78, 5) is 15.9. The van der Waals surface area contributed by atoms with Crippen molar-refractivity contribution in [1.29, 1.82) is 0 Å². The van der Waals surface area contributed by atoms with Crippen molar-refractivity contribution < 1.29 is 4.42 Å². The van der Waals surface area contributed by atoms with Crippen molar-refractivity contribution in [2.45, 2.75) is 0 Å². The van der Waals surface area contributed by atoms with Gasteiger partial charge in [0.15, 0.2) is 11.6 Å². The van der Waals surface area contributed by atoms with Gasteiger partial charge in [0.05, 0.1) is 11.0 Å². The predicted molar refractivity (Wildman–Crippen MR) is 248 cm³/mol. The fourth-order valence-corrected chi connectivity index (χ4v) is 9.51. The van der Waals surface area contributed by atoms with Gasteiger partial charge in [-0.2, -0.15) is 9.97 Å². The van der Waals surface area contributed by atoms with E-state index in [2.05, 4.69) is 180 Å². The number of aromatic nitrogens is 4. The van der Waals surface area contributed by atoms with Crippen molar-refractivity contribution >= 4 is 86.8 Å². The Morgan fingerprint density at radius 3 is 1.60 bits per heavy atom. The molecule has 278 valence electrons. The van der Waals surface area contributed by atoms with E-state index in [1.807, 2.05) is 18.2 Å². The zero-order chi connectivity index (χ0) is 39.3. The number of hydrogen-bond acceptors (Lipinski definition) is 4. The second-order valence-electron chi connectivity index (χ2n) is 15.5. The maximum atomic E-state index is 6.72. The molecule has 60 heavy (non-hydrogen) atoms. The van der Waals surface area contributed by atoms with Crippen molar-refractivity contribution in [3.8, 4) is 39.9 Å². The van der Waals surface area contributed by atoms with Crippen LogP contribution < -0.4 is 0 Å². The Labute approximate surface area is 343 Å². The molecular formula is C55H32N4O. The van der Waals surface area contributed by atoms with E-state index in [0.717, 1.165) is 87.4 Å². The highest BCUT2D eigenvalue weighted by Crippen LogP contribution is 2.43. The molecule has 0 N–H and O–H groups in total. The zero-order valence-electron chi connectivity index (χ0n) is 32.2. The minimum atomic E-state index is 0.564. The van der Waals surface area contributed by atoms with Crippen molar-refractivity contribution in [2.75, 3.05) is 0 Å². The average molecular weight is 765 g/mol. The van der Waals surface area contributed by atoms with Crippen LogP contribution in [0.5, 0.6) is 0 Å². The molecule has 0 spiro atoms. The topological polar surface area (TPSA) is 56.7 Å². The lowest BCUT2D eigenvalue weighted by Gasteiger charge is -2.13. The molecule has 0 aliphatic carbocycles. The summed E-state index contributed by atoms with van der Waals surface area (Å²) in [5.74, 6) is 1.75. The van der Waals surface area contributed by atoms with Crippen LogP contribution in [0.15, 0.2) is 199 Å². The highest BCUT2D eigenvalue weighted by Gasteiger charge is 2.22. The zero-order valence-corrected chi connectivity index (χ0v) is 32.2. The van der Waals surface area contributed by atoms with Crippen LogP contribution >= 0.6 is 0 Å². The number of hydrogen-bond donors (Lipinski definition) is 0. The Morgan fingerprint density at radius 1 is 0.333 bits per heavy atom. The molecule has 0 bridgehead atoms. The Bertz CT molecular complexity index is 3800. The van der Waals surface area contributed by atoms with Crippen LogP contribution in [-0.4, -0.2) is 19.5 Å². The van der Waals surface area contributed by atoms with Crippen LogP contribution in [0.25, 0.3) is 127 Å². The molecule has 13 aromatic rings. The van der Waals surface area contributed by atoms with Gasteiger partial charge in [0.2, 0.25) is 5.95 Å². The van der Waals surface area contributed by atoms with Gasteiger partial charge in [-0.3, -0.25) is 4.57 Å². The van der Waals surface area contributed by atoms with E-state index >= 15 is 0 Å². The third-order valence-corrected chi connectivity index (χ3v) is 12.2. The Balaban J connectivity index is 1.09. The first-order chi connectivity index (χ1) is 29.7. The largest absolute Gasteiger partial charge is 0.456 e. The smallest absolute Gasteiger partial charge is 0.238 e. The summed E-state index contributed by atoms with van der Waals surface area (Å²) in [6.07, 6.45) is 0. The van der Waals surface area contributed by atoms with E-state index in [0.29, 0.717) is 17.6 Å². The first kappa shape index (κ1) is 32.9. The molecule has 0 aliphatic rings. The molecule has 5 heteroatoms. The lowest BCUT2D eigenvalue weighted by atomic mass is 9.92. The summed E-state index contributed by atoms with van der Waals surface area (Å²) in [5, 5.41) is 13.7. The van der Waals surface area contributed by atoms with E-state index in [9.17, 15) is 0 Å². The number of furan rings is 1. The second-order valence-corrected chi connectivity index (χ2v) is 15.5. The Morgan fingerprint density at radius 2 is 0.900 bits per heavy atom. The molecule has 0 fully saturated rings. The van der Waals surface area contributed by atoms with E-state index in [-0.39, 0.29) is 0 Å². The first-order valence-electron chi connectivity index (χ1n) is 20.3. The summed E-state index contributed by atoms with van der Waals surface area (Å²) in [7, 11) is 0. The van der Waals surface area contributed by atoms with Crippen molar-refractivity contribution in [3.05, 3.63) is 194 Å². The molecule has 5 nitrogen and oxygen atoms in total. The molecule has 0 radical (unpaired) electrons. The Hall–Kier alpha value is -8.15. The predicted octanol–water partition coefficient (Wildman–Crippen LogP) is 14.5. The van der Waals surface area contributed by atoms with Crippen LogP contribution in [0, 0.1) is 0 Å². The highest BCUT2D eigenvalue weighted by atomic mass is 16.3. The fraction of sp³-hybridized carbons (Fsp3) is 0. The summed E-state index contributed by atoms with van der Waals surface area (Å²) >= 11 is 0. The van der Waals surface area contributed by atoms with E-state index in [1.165, 1.54) is 21.7 Å². The molecule has 0 unspecified atom stereocenters. The minimum absolute atomic E-state index is 0.564. The lowest BCUT2D eigenvalue weighted by Crippen LogP contribution is -2.06. The second kappa shape index (κ2) is 12.7. The lowest BCUT2D eigenvalue weighted by molar-refractivity contribution is 0.669. The van der Waals surface area contributed by atoms with Gasteiger partial charge in [-0.1, -0.05) is 170 Å². The van der Waals surface area contributed by atoms with Gasteiger partial charge in [0.1, 0.15) is 11.2 Å². The first-order valence-corrected chi connectivity index (χ1v) is 20.3. The molecule has 3 aromatic heterocycles. The van der Waals surface area contributed by atoms with Crippen LogP contribution in [-0.2, 0) is 0 Å².